The molecule has 0 bridgehead atoms. The zero-order chi connectivity index (χ0) is 17.0. The molecule has 23 heavy (non-hydrogen) atoms. The monoisotopic (exact) mass is 352 g/mol. The third kappa shape index (κ3) is 4.12. The zero-order valence-corrected chi connectivity index (χ0v) is 14.4. The molecule has 1 heterocycles. The Balaban J connectivity index is 2.15. The summed E-state index contributed by atoms with van der Waals surface area (Å²) in [6.45, 7) is 4.98. The van der Waals surface area contributed by atoms with Crippen molar-refractivity contribution in [3.8, 4) is 6.07 Å². The summed E-state index contributed by atoms with van der Waals surface area (Å²) in [5, 5.41) is 9.32. The van der Waals surface area contributed by atoms with Gasteiger partial charge >= 0.3 is 0 Å². The fraction of sp³-hybridized carbons (Fsp3) is 0.375. The van der Waals surface area contributed by atoms with Crippen LogP contribution in [0.2, 0.25) is 5.02 Å². The number of nitrogens with two attached hydrogens (primary N) is 1. The quantitative estimate of drug-likeness (QED) is 0.514. The molecular weight excluding hydrogens is 335 g/mol. The Morgan fingerprint density at radius 1 is 1.35 bits per heavy atom. The van der Waals surface area contributed by atoms with E-state index in [9.17, 15) is 9.65 Å². The SMILES string of the molecule is CC(=C(C#N)C(N)=S)N1CCCN(c2ccc(F)c(Cl)c2)CC1. The smallest absolute Gasteiger partial charge is 0.141 e. The number of nitriles is 1. The van der Waals surface area contributed by atoms with Crippen LogP contribution in [0.3, 0.4) is 0 Å². The topological polar surface area (TPSA) is 56.3 Å². The lowest BCUT2D eigenvalue weighted by atomic mass is 10.2. The van der Waals surface area contributed by atoms with Gasteiger partial charge in [0.05, 0.1) is 5.02 Å². The number of benzene rings is 1. The maximum Gasteiger partial charge on any atom is 0.141 e. The molecule has 122 valence electrons. The molecule has 0 saturated carbocycles. The van der Waals surface area contributed by atoms with Crippen molar-refractivity contribution < 1.29 is 4.39 Å². The van der Waals surface area contributed by atoms with E-state index in [2.05, 4.69) is 15.9 Å². The van der Waals surface area contributed by atoms with Crippen LogP contribution in [0.25, 0.3) is 0 Å². The Kier molecular flexibility index (Phi) is 5.80. The molecule has 1 saturated heterocycles. The Bertz CT molecular complexity index is 683. The van der Waals surface area contributed by atoms with Crippen molar-refractivity contribution in [1.82, 2.24) is 4.90 Å². The van der Waals surface area contributed by atoms with Crippen molar-refractivity contribution in [3.63, 3.8) is 0 Å². The summed E-state index contributed by atoms with van der Waals surface area (Å²) in [5.74, 6) is -0.416. The highest BCUT2D eigenvalue weighted by Crippen LogP contribution is 2.24. The van der Waals surface area contributed by atoms with Crippen LogP contribution in [0, 0.1) is 17.1 Å². The van der Waals surface area contributed by atoms with Crippen LogP contribution >= 0.6 is 23.8 Å². The minimum atomic E-state index is -0.416. The fourth-order valence-electron chi connectivity index (χ4n) is 2.67. The summed E-state index contributed by atoms with van der Waals surface area (Å²) in [6.07, 6.45) is 0.905. The molecular formula is C16H18ClFN4S. The molecule has 0 radical (unpaired) electrons. The third-order valence-corrected chi connectivity index (χ3v) is 4.45. The molecule has 0 aromatic heterocycles. The van der Waals surface area contributed by atoms with Gasteiger partial charge in [-0.1, -0.05) is 23.8 Å². The summed E-state index contributed by atoms with van der Waals surface area (Å²) in [7, 11) is 0. The molecule has 0 amide bonds. The minimum Gasteiger partial charge on any atom is -0.389 e. The summed E-state index contributed by atoms with van der Waals surface area (Å²) in [5.41, 5.74) is 7.67. The summed E-state index contributed by atoms with van der Waals surface area (Å²) in [4.78, 5) is 4.39. The predicted octanol–water partition coefficient (Wildman–Crippen LogP) is 3.07. The molecule has 0 atom stereocenters. The molecule has 2 rings (SSSR count). The van der Waals surface area contributed by atoms with Crippen LogP contribution in [0.15, 0.2) is 29.5 Å². The van der Waals surface area contributed by atoms with Crippen molar-refractivity contribution in [2.45, 2.75) is 13.3 Å². The van der Waals surface area contributed by atoms with E-state index in [0.717, 1.165) is 44.0 Å². The van der Waals surface area contributed by atoms with Crippen molar-refractivity contribution in [2.24, 2.45) is 5.73 Å². The maximum atomic E-state index is 13.3. The van der Waals surface area contributed by atoms with Crippen LogP contribution in [-0.4, -0.2) is 36.1 Å². The lowest BCUT2D eigenvalue weighted by molar-refractivity contribution is 0.369. The van der Waals surface area contributed by atoms with E-state index in [1.165, 1.54) is 6.07 Å². The van der Waals surface area contributed by atoms with Gasteiger partial charge in [0.1, 0.15) is 22.4 Å². The van der Waals surface area contributed by atoms with Gasteiger partial charge in [-0.2, -0.15) is 5.26 Å². The van der Waals surface area contributed by atoms with Gasteiger partial charge in [-0.25, -0.2) is 4.39 Å². The maximum absolute atomic E-state index is 13.3. The summed E-state index contributed by atoms with van der Waals surface area (Å²) >= 11 is 10.8. The first-order valence-electron chi connectivity index (χ1n) is 7.29. The van der Waals surface area contributed by atoms with E-state index in [1.54, 1.807) is 12.1 Å². The molecule has 1 aromatic rings. The molecule has 2 N–H and O–H groups in total. The number of thiocarbonyl (C=S) groups is 1. The minimum absolute atomic E-state index is 0.122. The number of anilines is 1. The van der Waals surface area contributed by atoms with Gasteiger partial charge in [0.2, 0.25) is 0 Å². The van der Waals surface area contributed by atoms with Gasteiger partial charge in [0.25, 0.3) is 0 Å². The largest absolute Gasteiger partial charge is 0.389 e. The predicted molar refractivity (Wildman–Crippen MR) is 94.9 cm³/mol. The average molecular weight is 353 g/mol. The highest BCUT2D eigenvalue weighted by atomic mass is 35.5. The van der Waals surface area contributed by atoms with Crippen molar-refractivity contribution in [3.05, 3.63) is 40.3 Å². The first kappa shape index (κ1) is 17.5. The molecule has 1 aliphatic heterocycles. The van der Waals surface area contributed by atoms with E-state index in [1.807, 2.05) is 6.92 Å². The number of nitrogens with zero attached hydrogens (tertiary/aromatic N) is 3. The second-order valence-corrected chi connectivity index (χ2v) is 6.21. The summed E-state index contributed by atoms with van der Waals surface area (Å²) < 4.78 is 13.3. The van der Waals surface area contributed by atoms with Gasteiger partial charge in [-0.05, 0) is 31.5 Å². The lowest BCUT2D eigenvalue weighted by Gasteiger charge is -2.26. The Hall–Kier alpha value is -1.84. The molecule has 1 fully saturated rings. The number of hydrogen-bond donors (Lipinski definition) is 1. The van der Waals surface area contributed by atoms with Gasteiger partial charge in [0.15, 0.2) is 0 Å². The first-order valence-corrected chi connectivity index (χ1v) is 8.08. The number of rotatable bonds is 3. The highest BCUT2D eigenvalue weighted by molar-refractivity contribution is 7.80. The van der Waals surface area contributed by atoms with E-state index >= 15 is 0 Å². The highest BCUT2D eigenvalue weighted by Gasteiger charge is 2.18. The second-order valence-electron chi connectivity index (χ2n) is 5.36. The fourth-order valence-corrected chi connectivity index (χ4v) is 3.03. The average Bonchev–Trinajstić information content (AvgIpc) is 2.76. The van der Waals surface area contributed by atoms with E-state index < -0.39 is 5.82 Å². The van der Waals surface area contributed by atoms with E-state index in [4.69, 9.17) is 29.6 Å². The van der Waals surface area contributed by atoms with Gasteiger partial charge in [0, 0.05) is 37.6 Å². The molecule has 7 heteroatoms. The number of halogens is 2. The Morgan fingerprint density at radius 3 is 2.70 bits per heavy atom. The van der Waals surface area contributed by atoms with E-state index in [0.29, 0.717) is 5.57 Å². The van der Waals surface area contributed by atoms with Crippen LogP contribution in [0.4, 0.5) is 10.1 Å². The van der Waals surface area contributed by atoms with Gasteiger partial charge < -0.3 is 15.5 Å². The Labute approximate surface area is 145 Å². The van der Waals surface area contributed by atoms with Crippen molar-refractivity contribution in [2.75, 3.05) is 31.1 Å². The molecule has 0 spiro atoms. The molecule has 1 aromatic carbocycles. The van der Waals surface area contributed by atoms with Crippen molar-refractivity contribution in [1.29, 1.82) is 5.26 Å². The zero-order valence-electron chi connectivity index (χ0n) is 12.9. The van der Waals surface area contributed by atoms with Crippen LogP contribution < -0.4 is 10.6 Å². The molecule has 4 nitrogen and oxygen atoms in total. The van der Waals surface area contributed by atoms with Crippen molar-refractivity contribution >= 4 is 34.5 Å². The standard InChI is InChI=1S/C16H18ClFN4S/c1-11(13(10-19)16(20)23)21-5-2-6-22(8-7-21)12-3-4-15(18)14(17)9-12/h3-4,9H,2,5-8H2,1H3,(H2,20,23). The molecule has 1 aliphatic rings. The normalized spacial score (nSPS) is 16.4. The first-order chi connectivity index (χ1) is 10.9. The van der Waals surface area contributed by atoms with Crippen LogP contribution in [0.1, 0.15) is 13.3 Å². The van der Waals surface area contributed by atoms with Crippen LogP contribution in [-0.2, 0) is 0 Å². The molecule has 0 unspecified atom stereocenters. The summed E-state index contributed by atoms with van der Waals surface area (Å²) in [6, 6.07) is 6.83. The Morgan fingerprint density at radius 2 is 2.09 bits per heavy atom. The number of allylic oxidation sites excluding steroid dienone is 1. The lowest BCUT2D eigenvalue weighted by Crippen LogP contribution is -2.31. The molecule has 0 aliphatic carbocycles. The van der Waals surface area contributed by atoms with Gasteiger partial charge in [-0.3, -0.25) is 0 Å². The second kappa shape index (κ2) is 7.62. The van der Waals surface area contributed by atoms with Gasteiger partial charge in [-0.15, -0.1) is 0 Å². The third-order valence-electron chi connectivity index (χ3n) is 3.96. The number of hydrogen-bond acceptors (Lipinski definition) is 4. The van der Waals surface area contributed by atoms with E-state index in [-0.39, 0.29) is 10.0 Å². The van der Waals surface area contributed by atoms with Crippen LogP contribution in [0.5, 0.6) is 0 Å².